The van der Waals surface area contributed by atoms with Crippen LogP contribution in [0, 0.1) is 0 Å². The monoisotopic (exact) mass is 402 g/mol. The first-order valence-electron chi connectivity index (χ1n) is 8.16. The first kappa shape index (κ1) is 20.3. The molecule has 2 atom stereocenters. The van der Waals surface area contributed by atoms with Gasteiger partial charge in [0.1, 0.15) is 11.8 Å². The van der Waals surface area contributed by atoms with E-state index in [1.165, 1.54) is 24.0 Å². The number of likely N-dealkylation sites (tertiary alicyclic amines) is 1. The van der Waals surface area contributed by atoms with E-state index in [0.717, 1.165) is 12.8 Å². The van der Waals surface area contributed by atoms with E-state index >= 15 is 0 Å². The first-order valence-corrected chi connectivity index (χ1v) is 8.92. The fourth-order valence-corrected chi connectivity index (χ4v) is 3.12. The second kappa shape index (κ2) is 9.09. The van der Waals surface area contributed by atoms with Crippen molar-refractivity contribution in [3.05, 3.63) is 28.2 Å². The van der Waals surface area contributed by atoms with Crippen LogP contribution in [0.25, 0.3) is 0 Å². The highest BCUT2D eigenvalue weighted by molar-refractivity contribution is 6.35. The van der Waals surface area contributed by atoms with Gasteiger partial charge in [-0.05, 0) is 44.4 Å². The highest BCUT2D eigenvalue weighted by Gasteiger charge is 2.31. The fourth-order valence-electron chi connectivity index (χ4n) is 2.67. The van der Waals surface area contributed by atoms with E-state index in [1.54, 1.807) is 6.07 Å². The molecule has 9 heteroatoms. The summed E-state index contributed by atoms with van der Waals surface area (Å²) in [5.74, 6) is -1.47. The zero-order valence-corrected chi connectivity index (χ0v) is 15.8. The minimum Gasteiger partial charge on any atom is -0.477 e. The Hall–Kier alpha value is -1.99. The molecule has 0 spiro atoms. The number of esters is 1. The van der Waals surface area contributed by atoms with Gasteiger partial charge in [0.2, 0.25) is 5.91 Å². The molecule has 7 nitrogen and oxygen atoms in total. The Bertz CT molecular complexity index is 698. The van der Waals surface area contributed by atoms with Crippen molar-refractivity contribution in [1.29, 1.82) is 0 Å². The minimum atomic E-state index is -0.977. The molecular formula is C17H20Cl2N2O5. The fraction of sp³-hybridized carbons (Fsp3) is 0.471. The largest absolute Gasteiger partial charge is 0.477 e. The predicted molar refractivity (Wildman–Crippen MR) is 96.1 cm³/mol. The Balaban J connectivity index is 1.88. The number of carbonyl (C=O) groups is 3. The summed E-state index contributed by atoms with van der Waals surface area (Å²) in [6, 6.07) is 3.94. The second-order valence-electron chi connectivity index (χ2n) is 5.94. The predicted octanol–water partition coefficient (Wildman–Crippen LogP) is 2.17. The van der Waals surface area contributed by atoms with Crippen LogP contribution in [-0.4, -0.2) is 48.0 Å². The van der Waals surface area contributed by atoms with Crippen molar-refractivity contribution in [1.82, 2.24) is 4.90 Å². The number of ether oxygens (including phenoxy) is 2. The molecule has 0 aromatic heterocycles. The molecule has 142 valence electrons. The molecular weight excluding hydrogens is 383 g/mol. The summed E-state index contributed by atoms with van der Waals surface area (Å²) in [6.45, 7) is 1.41. The molecule has 26 heavy (non-hydrogen) atoms. The molecule has 1 fully saturated rings. The van der Waals surface area contributed by atoms with Crippen LogP contribution in [0.5, 0.6) is 5.75 Å². The number of nitrogens with zero attached hydrogens (tertiary/aromatic N) is 1. The Morgan fingerprint density at radius 1 is 1.31 bits per heavy atom. The van der Waals surface area contributed by atoms with E-state index < -0.39 is 36.5 Å². The number of hydrogen-bond donors (Lipinski definition) is 1. The molecule has 1 aliphatic rings. The quantitative estimate of drug-likeness (QED) is 0.734. The van der Waals surface area contributed by atoms with Crippen LogP contribution >= 0.6 is 23.2 Å². The lowest BCUT2D eigenvalue weighted by Crippen LogP contribution is -2.51. The Morgan fingerprint density at radius 2 is 2.04 bits per heavy atom. The summed E-state index contributed by atoms with van der Waals surface area (Å²) in [5.41, 5.74) is 5.33. The van der Waals surface area contributed by atoms with Crippen molar-refractivity contribution in [2.45, 2.75) is 38.3 Å². The standard InChI is InChI=1S/C17H20Cl2N2O5/c1-10(26-14-6-5-11(18)8-12(14)19)17(24)25-9-15(22)21-7-3-2-4-13(21)16(20)23/h5-6,8,10,13H,2-4,7,9H2,1H3,(H2,20,23)/t10-,13+/m1/s1. The summed E-state index contributed by atoms with van der Waals surface area (Å²) in [4.78, 5) is 37.1. The molecule has 1 heterocycles. The average molecular weight is 403 g/mol. The maximum absolute atomic E-state index is 12.3. The van der Waals surface area contributed by atoms with E-state index in [4.69, 9.17) is 38.4 Å². The highest BCUT2D eigenvalue weighted by Crippen LogP contribution is 2.28. The molecule has 2 N–H and O–H groups in total. The molecule has 1 aliphatic heterocycles. The zero-order chi connectivity index (χ0) is 19.3. The molecule has 1 saturated heterocycles. The van der Waals surface area contributed by atoms with Crippen LogP contribution in [0.2, 0.25) is 10.0 Å². The molecule has 1 aromatic rings. The lowest BCUT2D eigenvalue weighted by atomic mass is 10.0. The molecule has 0 radical (unpaired) electrons. The number of primary amides is 1. The van der Waals surface area contributed by atoms with Crippen molar-refractivity contribution < 1.29 is 23.9 Å². The van der Waals surface area contributed by atoms with Crippen molar-refractivity contribution in [2.75, 3.05) is 13.2 Å². The van der Waals surface area contributed by atoms with Gasteiger partial charge in [0, 0.05) is 11.6 Å². The summed E-state index contributed by atoms with van der Waals surface area (Å²) in [7, 11) is 0. The van der Waals surface area contributed by atoms with Gasteiger partial charge in [-0.25, -0.2) is 4.79 Å². The molecule has 1 aromatic carbocycles. The molecule has 2 rings (SSSR count). The summed E-state index contributed by atoms with van der Waals surface area (Å²) in [5, 5.41) is 0.694. The van der Waals surface area contributed by atoms with Crippen LogP contribution in [0.15, 0.2) is 18.2 Å². The third-order valence-corrected chi connectivity index (χ3v) is 4.55. The smallest absolute Gasteiger partial charge is 0.347 e. The molecule has 0 saturated carbocycles. The van der Waals surface area contributed by atoms with E-state index in [1.807, 2.05) is 0 Å². The van der Waals surface area contributed by atoms with Gasteiger partial charge in [-0.3, -0.25) is 9.59 Å². The van der Waals surface area contributed by atoms with Gasteiger partial charge in [-0.2, -0.15) is 0 Å². The Kier molecular flexibility index (Phi) is 7.11. The van der Waals surface area contributed by atoms with Gasteiger partial charge in [-0.15, -0.1) is 0 Å². The van der Waals surface area contributed by atoms with E-state index in [0.29, 0.717) is 18.0 Å². The number of halogens is 2. The summed E-state index contributed by atoms with van der Waals surface area (Å²) in [6.07, 6.45) is 1.14. The first-order chi connectivity index (χ1) is 12.3. The minimum absolute atomic E-state index is 0.255. The third-order valence-electron chi connectivity index (χ3n) is 4.02. The van der Waals surface area contributed by atoms with Crippen LogP contribution in [0.4, 0.5) is 0 Å². The second-order valence-corrected chi connectivity index (χ2v) is 6.79. The topological polar surface area (TPSA) is 98.9 Å². The van der Waals surface area contributed by atoms with Crippen LogP contribution in [-0.2, 0) is 19.1 Å². The summed E-state index contributed by atoms with van der Waals surface area (Å²) >= 11 is 11.8. The molecule has 0 bridgehead atoms. The van der Waals surface area contributed by atoms with Gasteiger partial charge >= 0.3 is 5.97 Å². The highest BCUT2D eigenvalue weighted by atomic mass is 35.5. The Morgan fingerprint density at radius 3 is 2.69 bits per heavy atom. The number of nitrogens with two attached hydrogens (primary N) is 1. The number of piperidine rings is 1. The number of hydrogen-bond acceptors (Lipinski definition) is 5. The number of benzene rings is 1. The maximum atomic E-state index is 12.3. The molecule has 0 aliphatic carbocycles. The van der Waals surface area contributed by atoms with Crippen LogP contribution < -0.4 is 10.5 Å². The lowest BCUT2D eigenvalue weighted by molar-refractivity contribution is -0.159. The molecule has 2 amide bonds. The van der Waals surface area contributed by atoms with Gasteiger partial charge in [0.15, 0.2) is 12.7 Å². The normalized spacial score (nSPS) is 18.1. The maximum Gasteiger partial charge on any atom is 0.347 e. The van der Waals surface area contributed by atoms with Gasteiger partial charge in [0.05, 0.1) is 5.02 Å². The van der Waals surface area contributed by atoms with E-state index in [2.05, 4.69) is 0 Å². The van der Waals surface area contributed by atoms with Gasteiger partial charge < -0.3 is 20.1 Å². The number of carbonyl (C=O) groups excluding carboxylic acids is 3. The van der Waals surface area contributed by atoms with Crippen molar-refractivity contribution in [3.63, 3.8) is 0 Å². The zero-order valence-electron chi connectivity index (χ0n) is 14.2. The van der Waals surface area contributed by atoms with Crippen LogP contribution in [0.3, 0.4) is 0 Å². The van der Waals surface area contributed by atoms with E-state index in [9.17, 15) is 14.4 Å². The van der Waals surface area contributed by atoms with Crippen molar-refractivity contribution in [3.8, 4) is 5.75 Å². The lowest BCUT2D eigenvalue weighted by Gasteiger charge is -2.33. The number of amides is 2. The van der Waals surface area contributed by atoms with E-state index in [-0.39, 0.29) is 10.8 Å². The van der Waals surface area contributed by atoms with Crippen molar-refractivity contribution in [2.24, 2.45) is 5.73 Å². The average Bonchev–Trinajstić information content (AvgIpc) is 2.61. The third kappa shape index (κ3) is 5.25. The molecule has 0 unspecified atom stereocenters. The number of rotatable bonds is 6. The van der Waals surface area contributed by atoms with Crippen molar-refractivity contribution >= 4 is 41.0 Å². The van der Waals surface area contributed by atoms with Gasteiger partial charge in [-0.1, -0.05) is 23.2 Å². The Labute approximate surface area is 161 Å². The SMILES string of the molecule is C[C@@H](Oc1ccc(Cl)cc1Cl)C(=O)OCC(=O)N1CCCC[C@H]1C(N)=O. The summed E-state index contributed by atoms with van der Waals surface area (Å²) < 4.78 is 10.4. The van der Waals surface area contributed by atoms with Crippen LogP contribution in [0.1, 0.15) is 26.2 Å². The van der Waals surface area contributed by atoms with Gasteiger partial charge in [0.25, 0.3) is 5.91 Å².